The summed E-state index contributed by atoms with van der Waals surface area (Å²) in [5.41, 5.74) is 15.6. The molecule has 2 heteroatoms. The number of fused-ring (bicyclic) bond motifs is 6. The Morgan fingerprint density at radius 1 is 0.317 bits per heavy atom. The van der Waals surface area contributed by atoms with E-state index in [1.54, 1.807) is 0 Å². The van der Waals surface area contributed by atoms with Crippen molar-refractivity contribution in [3.8, 4) is 33.4 Å². The lowest BCUT2D eigenvalue weighted by atomic mass is 9.81. The zero-order valence-corrected chi connectivity index (χ0v) is 33.6. The molecule has 60 heavy (non-hydrogen) atoms. The number of para-hydroxylation sites is 2. The van der Waals surface area contributed by atoms with Gasteiger partial charge in [-0.05, 0) is 150 Å². The molecule has 0 atom stereocenters. The third-order valence-electron chi connectivity index (χ3n) is 13.3. The highest BCUT2D eigenvalue weighted by Gasteiger charge is 2.26. The zero-order chi connectivity index (χ0) is 39.6. The number of benzene rings is 10. The van der Waals surface area contributed by atoms with Gasteiger partial charge in [-0.15, -0.1) is 0 Å². The van der Waals surface area contributed by atoms with Gasteiger partial charge in [-0.1, -0.05) is 158 Å². The second-order valence-electron chi connectivity index (χ2n) is 16.6. The van der Waals surface area contributed by atoms with Gasteiger partial charge in [-0.3, -0.25) is 0 Å². The molecule has 0 saturated carbocycles. The first-order chi connectivity index (χ1) is 29.8. The minimum Gasteiger partial charge on any atom is -0.341 e. The number of nitrogens with zero attached hydrogens (tertiary/aromatic N) is 2. The lowest BCUT2D eigenvalue weighted by Crippen LogP contribution is -2.24. The van der Waals surface area contributed by atoms with E-state index in [1.165, 1.54) is 110 Å². The number of hydrogen-bond acceptors (Lipinski definition) is 2. The summed E-state index contributed by atoms with van der Waals surface area (Å²) in [5.74, 6) is 0. The molecular formula is C58H44N2. The molecule has 0 unspecified atom stereocenters. The molecule has 2 aliphatic heterocycles. The van der Waals surface area contributed by atoms with Crippen LogP contribution in [0.1, 0.15) is 24.0 Å². The standard InChI is InChI=1S/C58H44N2/c1-2-15-40(16-3-1)48-32-29-41-18-5-9-25-47(41)57(48)58-51-34-31-44(59-35-13-22-42-19-6-10-27-54(42)59)37-52(51)56(49-26-12-21-39-17-4-8-24-46(39)49)50-33-30-45(38-53(50)58)60-36-14-23-43-20-7-11-28-55(43)60/h1-12,15-21,24-34,37-38H,13-14,22-23,35-36H2. The monoisotopic (exact) mass is 768 g/mol. The van der Waals surface area contributed by atoms with E-state index in [0.29, 0.717) is 0 Å². The molecule has 286 valence electrons. The molecule has 0 spiro atoms. The van der Waals surface area contributed by atoms with Crippen LogP contribution in [0.4, 0.5) is 22.7 Å². The Balaban J connectivity index is 1.25. The largest absolute Gasteiger partial charge is 0.341 e. The summed E-state index contributed by atoms with van der Waals surface area (Å²) in [4.78, 5) is 5.11. The van der Waals surface area contributed by atoms with Gasteiger partial charge < -0.3 is 9.80 Å². The van der Waals surface area contributed by atoms with Gasteiger partial charge in [-0.2, -0.15) is 0 Å². The van der Waals surface area contributed by atoms with E-state index < -0.39 is 0 Å². The molecule has 0 bridgehead atoms. The number of aryl methyl sites for hydroxylation is 2. The van der Waals surface area contributed by atoms with Crippen molar-refractivity contribution in [2.45, 2.75) is 25.7 Å². The van der Waals surface area contributed by atoms with Crippen molar-refractivity contribution in [3.05, 3.63) is 205 Å². The van der Waals surface area contributed by atoms with Crippen LogP contribution in [0.5, 0.6) is 0 Å². The van der Waals surface area contributed by atoms with Gasteiger partial charge in [0, 0.05) is 35.8 Å². The first kappa shape index (κ1) is 34.8. The molecule has 2 heterocycles. The molecule has 10 aromatic carbocycles. The summed E-state index contributed by atoms with van der Waals surface area (Å²) < 4.78 is 0. The maximum atomic E-state index is 2.56. The molecule has 0 aliphatic carbocycles. The second-order valence-corrected chi connectivity index (χ2v) is 16.6. The van der Waals surface area contributed by atoms with E-state index in [-0.39, 0.29) is 0 Å². The molecular weight excluding hydrogens is 725 g/mol. The Bertz CT molecular complexity index is 3280. The van der Waals surface area contributed by atoms with Crippen LogP contribution >= 0.6 is 0 Å². The van der Waals surface area contributed by atoms with E-state index in [0.717, 1.165) is 38.8 Å². The third-order valence-corrected chi connectivity index (χ3v) is 13.3. The van der Waals surface area contributed by atoms with E-state index in [1.807, 2.05) is 0 Å². The highest BCUT2D eigenvalue weighted by Crippen LogP contribution is 2.51. The minimum absolute atomic E-state index is 0.992. The molecule has 0 radical (unpaired) electrons. The van der Waals surface area contributed by atoms with Crippen LogP contribution in [0.2, 0.25) is 0 Å². The van der Waals surface area contributed by atoms with Gasteiger partial charge in [0.2, 0.25) is 0 Å². The van der Waals surface area contributed by atoms with Crippen molar-refractivity contribution in [2.24, 2.45) is 0 Å². The average Bonchev–Trinajstić information content (AvgIpc) is 3.32. The van der Waals surface area contributed by atoms with Crippen LogP contribution in [-0.2, 0) is 12.8 Å². The molecule has 0 aromatic heterocycles. The Hall–Kier alpha value is -7.16. The van der Waals surface area contributed by atoms with Crippen LogP contribution in [0, 0.1) is 0 Å². The van der Waals surface area contributed by atoms with Gasteiger partial charge in [0.25, 0.3) is 0 Å². The fraction of sp³-hybridized carbons (Fsp3) is 0.103. The normalized spacial score (nSPS) is 13.9. The van der Waals surface area contributed by atoms with Crippen molar-refractivity contribution in [1.29, 1.82) is 0 Å². The molecule has 0 saturated heterocycles. The number of rotatable bonds is 5. The van der Waals surface area contributed by atoms with Crippen LogP contribution < -0.4 is 9.80 Å². The average molecular weight is 769 g/mol. The van der Waals surface area contributed by atoms with Crippen molar-refractivity contribution in [3.63, 3.8) is 0 Å². The molecule has 12 rings (SSSR count). The van der Waals surface area contributed by atoms with Crippen LogP contribution in [0.25, 0.3) is 76.5 Å². The molecule has 10 aromatic rings. The fourth-order valence-corrected chi connectivity index (χ4v) is 10.5. The number of anilines is 4. The smallest absolute Gasteiger partial charge is 0.0443 e. The lowest BCUT2D eigenvalue weighted by Gasteiger charge is -2.33. The zero-order valence-electron chi connectivity index (χ0n) is 33.6. The van der Waals surface area contributed by atoms with Crippen molar-refractivity contribution < 1.29 is 0 Å². The lowest BCUT2D eigenvalue weighted by molar-refractivity contribution is 0.767. The fourth-order valence-electron chi connectivity index (χ4n) is 10.5. The Morgan fingerprint density at radius 2 is 0.850 bits per heavy atom. The second kappa shape index (κ2) is 14.3. The van der Waals surface area contributed by atoms with E-state index in [4.69, 9.17) is 0 Å². The van der Waals surface area contributed by atoms with Gasteiger partial charge in [0.15, 0.2) is 0 Å². The maximum absolute atomic E-state index is 2.56. The predicted octanol–water partition coefficient (Wildman–Crippen LogP) is 15.5. The third kappa shape index (κ3) is 5.62. The summed E-state index contributed by atoms with van der Waals surface area (Å²) in [5, 5.41) is 10.1. The van der Waals surface area contributed by atoms with Crippen LogP contribution in [-0.4, -0.2) is 13.1 Å². The summed E-state index contributed by atoms with van der Waals surface area (Å²) in [6, 6.07) is 73.1. The Morgan fingerprint density at radius 3 is 1.53 bits per heavy atom. The van der Waals surface area contributed by atoms with Crippen LogP contribution in [0.3, 0.4) is 0 Å². The molecule has 2 nitrogen and oxygen atoms in total. The maximum Gasteiger partial charge on any atom is 0.0443 e. The van der Waals surface area contributed by atoms with E-state index in [2.05, 4.69) is 204 Å². The minimum atomic E-state index is 0.992. The van der Waals surface area contributed by atoms with Gasteiger partial charge >= 0.3 is 0 Å². The number of hydrogen-bond donors (Lipinski definition) is 0. The van der Waals surface area contributed by atoms with Gasteiger partial charge in [0.05, 0.1) is 0 Å². The molecule has 2 aliphatic rings. The first-order valence-corrected chi connectivity index (χ1v) is 21.6. The van der Waals surface area contributed by atoms with Crippen molar-refractivity contribution in [2.75, 3.05) is 22.9 Å². The van der Waals surface area contributed by atoms with Crippen LogP contribution in [0.15, 0.2) is 194 Å². The van der Waals surface area contributed by atoms with Gasteiger partial charge in [-0.25, -0.2) is 0 Å². The summed E-state index contributed by atoms with van der Waals surface area (Å²) in [6.45, 7) is 1.99. The van der Waals surface area contributed by atoms with E-state index in [9.17, 15) is 0 Å². The van der Waals surface area contributed by atoms with Crippen molar-refractivity contribution in [1.82, 2.24) is 0 Å². The Kier molecular flexibility index (Phi) is 8.30. The highest BCUT2D eigenvalue weighted by atomic mass is 15.1. The summed E-state index contributed by atoms with van der Waals surface area (Å²) in [7, 11) is 0. The highest BCUT2D eigenvalue weighted by molar-refractivity contribution is 6.27. The predicted molar refractivity (Wildman–Crippen MR) is 256 cm³/mol. The van der Waals surface area contributed by atoms with Gasteiger partial charge in [0.1, 0.15) is 0 Å². The first-order valence-electron chi connectivity index (χ1n) is 21.6. The van der Waals surface area contributed by atoms with Crippen molar-refractivity contribution >= 4 is 65.8 Å². The quantitative estimate of drug-likeness (QED) is 0.161. The summed E-state index contributed by atoms with van der Waals surface area (Å²) >= 11 is 0. The van der Waals surface area contributed by atoms with E-state index >= 15 is 0 Å². The summed E-state index contributed by atoms with van der Waals surface area (Å²) in [6.07, 6.45) is 4.49. The molecule has 0 N–H and O–H groups in total. The topological polar surface area (TPSA) is 6.48 Å². The Labute approximate surface area is 351 Å². The molecule has 0 fully saturated rings. The SMILES string of the molecule is c1ccc(-c2ccc3ccccc3c2-c2c3ccc(N4CCCc5ccccc54)cc3c(-c3cccc4ccccc34)c3ccc(N4CCCc5ccccc54)cc23)cc1. The molecule has 0 amide bonds.